The number of ketones is 1. The second-order valence-corrected chi connectivity index (χ2v) is 9.34. The summed E-state index contributed by atoms with van der Waals surface area (Å²) in [6, 6.07) is 0. The van der Waals surface area contributed by atoms with Gasteiger partial charge in [0, 0.05) is 17.3 Å². The van der Waals surface area contributed by atoms with Crippen LogP contribution in [0, 0.1) is 22.7 Å². The zero-order valence-corrected chi connectivity index (χ0v) is 15.3. The second kappa shape index (κ2) is 4.92. The van der Waals surface area contributed by atoms with Gasteiger partial charge in [-0.3, -0.25) is 4.79 Å². The Morgan fingerprint density at radius 2 is 1.74 bits per heavy atom. The second-order valence-electron chi connectivity index (χ2n) is 9.34. The molecule has 130 valence electrons. The SMILES string of the molecule is C=C[C@@]1(C)CC[C@H]2[C@@]3(C)[C@H](CC[C@]2(C)O1)C(C)(C)C(=O)C[C@@H]3O. The van der Waals surface area contributed by atoms with E-state index in [1.165, 1.54) is 0 Å². The van der Waals surface area contributed by atoms with E-state index in [9.17, 15) is 9.90 Å². The van der Waals surface area contributed by atoms with Gasteiger partial charge in [-0.05, 0) is 51.4 Å². The van der Waals surface area contributed by atoms with Crippen molar-refractivity contribution in [3.8, 4) is 0 Å². The van der Waals surface area contributed by atoms with Crippen molar-refractivity contribution in [3.05, 3.63) is 12.7 Å². The van der Waals surface area contributed by atoms with E-state index in [2.05, 4.69) is 41.2 Å². The molecular formula is C20H32O3. The van der Waals surface area contributed by atoms with Crippen LogP contribution in [0.5, 0.6) is 0 Å². The Hall–Kier alpha value is -0.670. The number of rotatable bonds is 1. The predicted octanol–water partition coefficient (Wildman–Crippen LogP) is 3.89. The van der Waals surface area contributed by atoms with Crippen LogP contribution >= 0.6 is 0 Å². The van der Waals surface area contributed by atoms with Crippen LogP contribution in [0.1, 0.15) is 66.7 Å². The zero-order chi connectivity index (χ0) is 17.3. The molecule has 23 heavy (non-hydrogen) atoms. The molecule has 1 aliphatic heterocycles. The molecule has 3 heteroatoms. The summed E-state index contributed by atoms with van der Waals surface area (Å²) < 4.78 is 6.56. The molecule has 0 amide bonds. The van der Waals surface area contributed by atoms with Crippen molar-refractivity contribution in [1.82, 2.24) is 0 Å². The molecule has 3 nitrogen and oxygen atoms in total. The van der Waals surface area contributed by atoms with Crippen LogP contribution in [0.2, 0.25) is 0 Å². The summed E-state index contributed by atoms with van der Waals surface area (Å²) in [5, 5.41) is 10.9. The van der Waals surface area contributed by atoms with Gasteiger partial charge in [0.2, 0.25) is 0 Å². The van der Waals surface area contributed by atoms with Gasteiger partial charge in [0.05, 0.1) is 17.3 Å². The molecule has 0 aromatic rings. The van der Waals surface area contributed by atoms with Gasteiger partial charge in [0.1, 0.15) is 5.78 Å². The standard InChI is InChI=1S/C20H32O3/c1-7-18(4)10-8-14-19(5,23-18)11-9-13-17(2,3)15(21)12-16(22)20(13,14)6/h7,13-14,16,22H,1,8-12H2,2-6H3/t13-,14-,16+,18+,19+,20-/m1/s1. The highest BCUT2D eigenvalue weighted by Gasteiger charge is 2.66. The lowest BCUT2D eigenvalue weighted by molar-refractivity contribution is -0.268. The first-order chi connectivity index (χ1) is 10.5. The Morgan fingerprint density at radius 1 is 1.13 bits per heavy atom. The van der Waals surface area contributed by atoms with E-state index < -0.39 is 6.10 Å². The Labute approximate surface area is 140 Å². The summed E-state index contributed by atoms with van der Waals surface area (Å²) in [5.41, 5.74) is -1.13. The number of aliphatic hydroxyl groups excluding tert-OH is 1. The lowest BCUT2D eigenvalue weighted by Crippen LogP contribution is -2.67. The maximum Gasteiger partial charge on any atom is 0.141 e. The lowest BCUT2D eigenvalue weighted by atomic mass is 9.43. The number of hydrogen-bond donors (Lipinski definition) is 1. The van der Waals surface area contributed by atoms with Gasteiger partial charge in [-0.2, -0.15) is 0 Å². The van der Waals surface area contributed by atoms with E-state index in [0.29, 0.717) is 0 Å². The molecule has 6 atom stereocenters. The van der Waals surface area contributed by atoms with Gasteiger partial charge in [-0.1, -0.05) is 26.8 Å². The quantitative estimate of drug-likeness (QED) is 0.746. The highest BCUT2D eigenvalue weighted by atomic mass is 16.5. The van der Waals surface area contributed by atoms with Crippen LogP contribution in [-0.2, 0) is 9.53 Å². The molecule has 0 aromatic carbocycles. The zero-order valence-electron chi connectivity index (χ0n) is 15.3. The molecule has 3 rings (SSSR count). The number of aliphatic hydroxyl groups is 1. The monoisotopic (exact) mass is 320 g/mol. The molecule has 2 saturated carbocycles. The van der Waals surface area contributed by atoms with Crippen LogP contribution in [0.4, 0.5) is 0 Å². The maximum absolute atomic E-state index is 12.5. The number of Topliss-reactive ketones (excluding diaryl/α,β-unsaturated/α-hetero) is 1. The molecule has 0 spiro atoms. The van der Waals surface area contributed by atoms with Gasteiger partial charge in [0.25, 0.3) is 0 Å². The third kappa shape index (κ3) is 2.19. The summed E-state index contributed by atoms with van der Waals surface area (Å²) in [6.45, 7) is 14.6. The molecule has 3 aliphatic rings. The number of fused-ring (bicyclic) bond motifs is 3. The predicted molar refractivity (Wildman–Crippen MR) is 91.1 cm³/mol. The van der Waals surface area contributed by atoms with Crippen LogP contribution in [0.15, 0.2) is 12.7 Å². The van der Waals surface area contributed by atoms with Crippen molar-refractivity contribution in [2.75, 3.05) is 0 Å². The van der Waals surface area contributed by atoms with E-state index in [1.54, 1.807) is 0 Å². The average Bonchev–Trinajstić information content (AvgIpc) is 2.44. The summed E-state index contributed by atoms with van der Waals surface area (Å²) in [4.78, 5) is 12.5. The van der Waals surface area contributed by atoms with Gasteiger partial charge < -0.3 is 9.84 Å². The van der Waals surface area contributed by atoms with Crippen molar-refractivity contribution in [3.63, 3.8) is 0 Å². The minimum Gasteiger partial charge on any atom is -0.392 e. The van der Waals surface area contributed by atoms with Crippen LogP contribution in [0.3, 0.4) is 0 Å². The molecule has 3 fully saturated rings. The Balaban J connectivity index is 2.02. The van der Waals surface area contributed by atoms with E-state index in [0.717, 1.165) is 25.7 Å². The molecule has 0 unspecified atom stereocenters. The minimum atomic E-state index is -0.561. The topological polar surface area (TPSA) is 46.5 Å². The van der Waals surface area contributed by atoms with Gasteiger partial charge >= 0.3 is 0 Å². The summed E-state index contributed by atoms with van der Waals surface area (Å²) >= 11 is 0. The van der Waals surface area contributed by atoms with Crippen LogP contribution in [-0.4, -0.2) is 28.2 Å². The Morgan fingerprint density at radius 3 is 2.35 bits per heavy atom. The van der Waals surface area contributed by atoms with Crippen LogP contribution in [0.25, 0.3) is 0 Å². The van der Waals surface area contributed by atoms with Crippen molar-refractivity contribution in [2.24, 2.45) is 22.7 Å². The smallest absolute Gasteiger partial charge is 0.141 e. The fraction of sp³-hybridized carbons (Fsp3) is 0.850. The highest BCUT2D eigenvalue weighted by Crippen LogP contribution is 2.64. The average molecular weight is 320 g/mol. The van der Waals surface area contributed by atoms with Gasteiger partial charge in [0.15, 0.2) is 0 Å². The van der Waals surface area contributed by atoms with Crippen molar-refractivity contribution in [2.45, 2.75) is 84.0 Å². The number of ether oxygens (including phenoxy) is 1. The maximum atomic E-state index is 12.5. The molecule has 0 radical (unpaired) electrons. The molecule has 1 saturated heterocycles. The summed E-state index contributed by atoms with van der Waals surface area (Å²) in [5.74, 6) is 0.717. The molecule has 0 aromatic heterocycles. The minimum absolute atomic E-state index is 0.212. The number of carbonyl (C=O) groups excluding carboxylic acids is 1. The first-order valence-corrected chi connectivity index (χ1v) is 9.05. The summed E-state index contributed by atoms with van der Waals surface area (Å²) in [7, 11) is 0. The number of carbonyl (C=O) groups is 1. The lowest BCUT2D eigenvalue weighted by Gasteiger charge is -2.65. The van der Waals surface area contributed by atoms with E-state index in [1.807, 2.05) is 6.08 Å². The molecule has 2 aliphatic carbocycles. The Bertz CT molecular complexity index is 539. The first-order valence-electron chi connectivity index (χ1n) is 9.05. The van der Waals surface area contributed by atoms with E-state index >= 15 is 0 Å². The highest BCUT2D eigenvalue weighted by molar-refractivity contribution is 5.86. The first kappa shape index (κ1) is 17.2. The van der Waals surface area contributed by atoms with Gasteiger partial charge in [-0.25, -0.2) is 0 Å². The third-order valence-corrected chi connectivity index (χ3v) is 7.68. The van der Waals surface area contributed by atoms with Crippen molar-refractivity contribution >= 4 is 5.78 Å². The van der Waals surface area contributed by atoms with Crippen molar-refractivity contribution in [1.29, 1.82) is 0 Å². The fourth-order valence-electron chi connectivity index (χ4n) is 6.17. The normalized spacial score (nSPS) is 52.4. The van der Waals surface area contributed by atoms with E-state index in [4.69, 9.17) is 4.74 Å². The largest absolute Gasteiger partial charge is 0.392 e. The molecule has 1 N–H and O–H groups in total. The number of hydrogen-bond acceptors (Lipinski definition) is 3. The Kier molecular flexibility index (Phi) is 3.67. The van der Waals surface area contributed by atoms with E-state index in [-0.39, 0.29) is 46.1 Å². The summed E-state index contributed by atoms with van der Waals surface area (Å²) in [6.07, 6.45) is 5.48. The van der Waals surface area contributed by atoms with Crippen LogP contribution < -0.4 is 0 Å². The van der Waals surface area contributed by atoms with Crippen molar-refractivity contribution < 1.29 is 14.6 Å². The molecule has 1 heterocycles. The molecule has 0 bridgehead atoms. The molecular weight excluding hydrogens is 288 g/mol. The van der Waals surface area contributed by atoms with Gasteiger partial charge in [-0.15, -0.1) is 6.58 Å². The third-order valence-electron chi connectivity index (χ3n) is 7.68. The fourth-order valence-corrected chi connectivity index (χ4v) is 6.17.